The molecule has 0 aliphatic heterocycles. The summed E-state index contributed by atoms with van der Waals surface area (Å²) in [6.45, 7) is 0. The van der Waals surface area contributed by atoms with Crippen molar-refractivity contribution < 1.29 is 0 Å². The van der Waals surface area contributed by atoms with Crippen LogP contribution in [0.4, 0.5) is 0 Å². The highest BCUT2D eigenvalue weighted by Gasteiger charge is 1.83. The number of nitrogens with two attached hydrogens (primary N) is 1. The van der Waals surface area contributed by atoms with E-state index in [1.165, 1.54) is 5.56 Å². The Morgan fingerprint density at radius 1 is 1.27 bits per heavy atom. The zero-order valence-electron chi connectivity index (χ0n) is 6.33. The van der Waals surface area contributed by atoms with Crippen molar-refractivity contribution in [2.24, 2.45) is 5.84 Å². The molecule has 1 rings (SSSR count). The Kier molecular flexibility index (Phi) is 3.22. The first-order chi connectivity index (χ1) is 5.43. The number of nitrogens with one attached hydrogen (secondary N) is 1. The van der Waals surface area contributed by atoms with E-state index in [0.29, 0.717) is 0 Å². The molecule has 0 saturated heterocycles. The maximum Gasteiger partial charge on any atom is 0.00859 e. The SMILES string of the molecule is NNC=CCc1ccccc1. The fourth-order valence-electron chi connectivity index (χ4n) is 0.877. The molecule has 0 aliphatic carbocycles. The van der Waals surface area contributed by atoms with Gasteiger partial charge in [-0.25, -0.2) is 0 Å². The van der Waals surface area contributed by atoms with Gasteiger partial charge in [0.05, 0.1) is 0 Å². The molecule has 0 saturated carbocycles. The number of benzene rings is 1. The van der Waals surface area contributed by atoms with Gasteiger partial charge < -0.3 is 5.43 Å². The molecule has 0 aliphatic rings. The van der Waals surface area contributed by atoms with Gasteiger partial charge in [-0.1, -0.05) is 36.4 Å². The van der Waals surface area contributed by atoms with Crippen LogP contribution in [0.2, 0.25) is 0 Å². The van der Waals surface area contributed by atoms with E-state index in [1.54, 1.807) is 6.20 Å². The van der Waals surface area contributed by atoms with E-state index >= 15 is 0 Å². The van der Waals surface area contributed by atoms with Gasteiger partial charge in [-0.15, -0.1) is 0 Å². The molecule has 11 heavy (non-hydrogen) atoms. The highest BCUT2D eigenvalue weighted by atomic mass is 15.2. The smallest absolute Gasteiger partial charge is 0.00859 e. The number of hydrogen-bond donors (Lipinski definition) is 2. The standard InChI is InChI=1S/C9H12N2/c10-11-8-4-7-9-5-2-1-3-6-9/h1-6,8,11H,7,10H2. The molecular formula is C9H12N2. The number of allylic oxidation sites excluding steroid dienone is 1. The van der Waals surface area contributed by atoms with Gasteiger partial charge >= 0.3 is 0 Å². The molecular weight excluding hydrogens is 136 g/mol. The first kappa shape index (κ1) is 7.82. The number of hydrogen-bond acceptors (Lipinski definition) is 2. The molecule has 0 aromatic heterocycles. The second-order valence-corrected chi connectivity index (χ2v) is 2.26. The summed E-state index contributed by atoms with van der Waals surface area (Å²) in [5.41, 5.74) is 3.75. The minimum atomic E-state index is 0.922. The molecule has 0 heterocycles. The van der Waals surface area contributed by atoms with E-state index in [-0.39, 0.29) is 0 Å². The Labute approximate surface area is 66.7 Å². The largest absolute Gasteiger partial charge is 0.332 e. The van der Waals surface area contributed by atoms with Crippen molar-refractivity contribution in [3.63, 3.8) is 0 Å². The highest BCUT2D eigenvalue weighted by Crippen LogP contribution is 1.98. The zero-order chi connectivity index (χ0) is 7.94. The predicted molar refractivity (Wildman–Crippen MR) is 46.6 cm³/mol. The van der Waals surface area contributed by atoms with Crippen LogP contribution in [-0.4, -0.2) is 0 Å². The Hall–Kier alpha value is -1.28. The van der Waals surface area contributed by atoms with E-state index in [9.17, 15) is 0 Å². The summed E-state index contributed by atoms with van der Waals surface area (Å²) in [6, 6.07) is 10.2. The minimum Gasteiger partial charge on any atom is -0.332 e. The summed E-state index contributed by atoms with van der Waals surface area (Å²) in [5.74, 6) is 5.06. The van der Waals surface area contributed by atoms with Crippen LogP contribution in [0.1, 0.15) is 5.56 Å². The van der Waals surface area contributed by atoms with Crippen LogP contribution in [0.3, 0.4) is 0 Å². The van der Waals surface area contributed by atoms with Crippen molar-refractivity contribution in [2.75, 3.05) is 0 Å². The first-order valence-electron chi connectivity index (χ1n) is 3.58. The van der Waals surface area contributed by atoms with E-state index in [0.717, 1.165) is 6.42 Å². The lowest BCUT2D eigenvalue weighted by molar-refractivity contribution is 0.959. The van der Waals surface area contributed by atoms with Gasteiger partial charge in [-0.2, -0.15) is 0 Å². The van der Waals surface area contributed by atoms with Gasteiger partial charge in [0.1, 0.15) is 0 Å². The average Bonchev–Trinajstić information content (AvgIpc) is 2.07. The van der Waals surface area contributed by atoms with Crippen LogP contribution < -0.4 is 11.3 Å². The van der Waals surface area contributed by atoms with Crippen molar-refractivity contribution in [2.45, 2.75) is 6.42 Å². The van der Waals surface area contributed by atoms with Gasteiger partial charge in [-0.05, 0) is 12.0 Å². The predicted octanol–water partition coefficient (Wildman–Crippen LogP) is 1.21. The normalized spacial score (nSPS) is 10.3. The molecule has 3 N–H and O–H groups in total. The van der Waals surface area contributed by atoms with Crippen molar-refractivity contribution in [1.82, 2.24) is 5.43 Å². The lowest BCUT2D eigenvalue weighted by Gasteiger charge is -1.93. The topological polar surface area (TPSA) is 38.0 Å². The molecule has 58 valence electrons. The van der Waals surface area contributed by atoms with Crippen LogP contribution in [-0.2, 0) is 6.42 Å². The van der Waals surface area contributed by atoms with Gasteiger partial charge in [-0.3, -0.25) is 5.84 Å². The molecule has 0 unspecified atom stereocenters. The van der Waals surface area contributed by atoms with Crippen molar-refractivity contribution in [1.29, 1.82) is 0 Å². The van der Waals surface area contributed by atoms with E-state index in [1.807, 2.05) is 24.3 Å². The van der Waals surface area contributed by atoms with Crippen LogP contribution in [0.5, 0.6) is 0 Å². The second-order valence-electron chi connectivity index (χ2n) is 2.26. The van der Waals surface area contributed by atoms with Gasteiger partial charge in [0.2, 0.25) is 0 Å². The quantitative estimate of drug-likeness (QED) is 0.499. The maximum absolute atomic E-state index is 5.06. The fourth-order valence-corrected chi connectivity index (χ4v) is 0.877. The lowest BCUT2D eigenvalue weighted by Crippen LogP contribution is -2.12. The van der Waals surface area contributed by atoms with Crippen molar-refractivity contribution >= 4 is 0 Å². The molecule has 1 aromatic rings. The molecule has 0 fully saturated rings. The van der Waals surface area contributed by atoms with E-state index in [4.69, 9.17) is 5.84 Å². The Bertz CT molecular complexity index is 216. The van der Waals surface area contributed by atoms with Gasteiger partial charge in [0, 0.05) is 6.20 Å². The molecule has 0 radical (unpaired) electrons. The molecule has 0 atom stereocenters. The van der Waals surface area contributed by atoms with E-state index < -0.39 is 0 Å². The van der Waals surface area contributed by atoms with Crippen LogP contribution in [0.25, 0.3) is 0 Å². The minimum absolute atomic E-state index is 0.922. The zero-order valence-corrected chi connectivity index (χ0v) is 6.33. The van der Waals surface area contributed by atoms with E-state index in [2.05, 4.69) is 17.6 Å². The van der Waals surface area contributed by atoms with Crippen LogP contribution in [0, 0.1) is 0 Å². The molecule has 0 amide bonds. The molecule has 0 spiro atoms. The summed E-state index contributed by atoms with van der Waals surface area (Å²) in [6.07, 6.45) is 4.63. The third-order valence-corrected chi connectivity index (χ3v) is 1.41. The van der Waals surface area contributed by atoms with Crippen molar-refractivity contribution in [3.8, 4) is 0 Å². The monoisotopic (exact) mass is 148 g/mol. The summed E-state index contributed by atoms with van der Waals surface area (Å²) in [7, 11) is 0. The summed E-state index contributed by atoms with van der Waals surface area (Å²) >= 11 is 0. The lowest BCUT2D eigenvalue weighted by atomic mass is 10.1. The molecule has 1 aromatic carbocycles. The Morgan fingerprint density at radius 2 is 2.00 bits per heavy atom. The van der Waals surface area contributed by atoms with Gasteiger partial charge in [0.15, 0.2) is 0 Å². The number of hydrazine groups is 1. The summed E-state index contributed by atoms with van der Waals surface area (Å²) in [4.78, 5) is 0. The third-order valence-electron chi connectivity index (χ3n) is 1.41. The number of rotatable bonds is 3. The fraction of sp³-hybridized carbons (Fsp3) is 0.111. The molecule has 2 nitrogen and oxygen atoms in total. The van der Waals surface area contributed by atoms with Crippen LogP contribution in [0.15, 0.2) is 42.6 Å². The molecule has 2 heteroatoms. The van der Waals surface area contributed by atoms with Crippen LogP contribution >= 0.6 is 0 Å². The first-order valence-corrected chi connectivity index (χ1v) is 3.58. The average molecular weight is 148 g/mol. The maximum atomic E-state index is 5.06. The summed E-state index contributed by atoms with van der Waals surface area (Å²) < 4.78 is 0. The van der Waals surface area contributed by atoms with Gasteiger partial charge in [0.25, 0.3) is 0 Å². The highest BCUT2D eigenvalue weighted by molar-refractivity contribution is 5.17. The van der Waals surface area contributed by atoms with Crippen molar-refractivity contribution in [3.05, 3.63) is 48.2 Å². The summed E-state index contributed by atoms with van der Waals surface area (Å²) in [5, 5.41) is 0. The Balaban J connectivity index is 2.45. The molecule has 0 bridgehead atoms. The second kappa shape index (κ2) is 4.52. The Morgan fingerprint density at radius 3 is 2.64 bits per heavy atom. The third kappa shape index (κ3) is 2.87.